The van der Waals surface area contributed by atoms with Gasteiger partial charge in [0.2, 0.25) is 0 Å². The van der Waals surface area contributed by atoms with Crippen molar-refractivity contribution in [3.63, 3.8) is 0 Å². The predicted octanol–water partition coefficient (Wildman–Crippen LogP) is 2.62. The molecule has 1 aromatic heterocycles. The second kappa shape index (κ2) is 2.76. The minimum atomic E-state index is -0.324. The van der Waals surface area contributed by atoms with Crippen molar-refractivity contribution in [1.82, 2.24) is 4.98 Å². The van der Waals surface area contributed by atoms with E-state index < -0.39 is 0 Å². The van der Waals surface area contributed by atoms with Crippen molar-refractivity contribution in [2.24, 2.45) is 0 Å². The summed E-state index contributed by atoms with van der Waals surface area (Å²) in [7, 11) is 1.47. The molecule has 0 radical (unpaired) electrons. The molecule has 0 aliphatic heterocycles. The number of aromatic amines is 1. The third-order valence-corrected chi connectivity index (χ3v) is 2.16. The van der Waals surface area contributed by atoms with Gasteiger partial charge in [-0.05, 0) is 24.6 Å². The maximum Gasteiger partial charge on any atom is 0.178 e. The average Bonchev–Trinajstić information content (AvgIpc) is 2.53. The van der Waals surface area contributed by atoms with E-state index in [1.165, 1.54) is 13.2 Å². The lowest BCUT2D eigenvalue weighted by Crippen LogP contribution is -1.90. The largest absolute Gasteiger partial charge is 0.492 e. The summed E-state index contributed by atoms with van der Waals surface area (Å²) in [5.74, 6) is -0.0412. The maximum atomic E-state index is 13.3. The Morgan fingerprint density at radius 1 is 1.46 bits per heavy atom. The lowest BCUT2D eigenvalue weighted by Gasteiger charge is -2.05. The van der Waals surface area contributed by atoms with Gasteiger partial charge in [-0.15, -0.1) is 0 Å². The van der Waals surface area contributed by atoms with Gasteiger partial charge in [0.15, 0.2) is 11.6 Å². The van der Waals surface area contributed by atoms with Crippen molar-refractivity contribution < 1.29 is 9.13 Å². The fourth-order valence-corrected chi connectivity index (χ4v) is 1.54. The van der Waals surface area contributed by atoms with Crippen LogP contribution < -0.4 is 4.74 Å². The standard InChI is InChI=1S/C10H10FNO/c1-6-5-8(11)10(13-2)9-7(6)3-4-12-9/h3-5,12H,1-2H3. The predicted molar refractivity (Wildman–Crippen MR) is 49.5 cm³/mol. The highest BCUT2D eigenvalue weighted by Gasteiger charge is 2.10. The zero-order valence-electron chi connectivity index (χ0n) is 7.52. The Balaban J connectivity index is 2.88. The number of benzene rings is 1. The maximum absolute atomic E-state index is 13.3. The molecule has 3 heteroatoms. The van der Waals surface area contributed by atoms with Gasteiger partial charge in [-0.3, -0.25) is 0 Å². The van der Waals surface area contributed by atoms with E-state index in [-0.39, 0.29) is 11.6 Å². The smallest absolute Gasteiger partial charge is 0.178 e. The van der Waals surface area contributed by atoms with Crippen LogP contribution in [0.4, 0.5) is 4.39 Å². The molecule has 0 amide bonds. The summed E-state index contributed by atoms with van der Waals surface area (Å²) >= 11 is 0. The zero-order chi connectivity index (χ0) is 9.42. The lowest BCUT2D eigenvalue weighted by molar-refractivity contribution is 0.391. The van der Waals surface area contributed by atoms with Gasteiger partial charge in [-0.1, -0.05) is 0 Å². The van der Waals surface area contributed by atoms with Crippen LogP contribution in [-0.2, 0) is 0 Å². The van der Waals surface area contributed by atoms with Crippen LogP contribution in [0, 0.1) is 12.7 Å². The molecular weight excluding hydrogens is 169 g/mol. The molecule has 1 heterocycles. The van der Waals surface area contributed by atoms with Crippen LogP contribution in [0.3, 0.4) is 0 Å². The molecule has 1 aromatic carbocycles. The van der Waals surface area contributed by atoms with Crippen molar-refractivity contribution in [3.8, 4) is 5.75 Å². The van der Waals surface area contributed by atoms with E-state index in [0.717, 1.165) is 16.5 Å². The molecule has 0 unspecified atom stereocenters. The number of aromatic nitrogens is 1. The monoisotopic (exact) mass is 179 g/mol. The molecule has 2 nitrogen and oxygen atoms in total. The first kappa shape index (κ1) is 8.10. The van der Waals surface area contributed by atoms with E-state index in [4.69, 9.17) is 4.74 Å². The molecule has 2 aromatic rings. The molecule has 0 aliphatic carbocycles. The second-order valence-corrected chi connectivity index (χ2v) is 2.97. The van der Waals surface area contributed by atoms with Crippen LogP contribution in [0.15, 0.2) is 18.3 Å². The Hall–Kier alpha value is -1.51. The Morgan fingerprint density at radius 3 is 2.92 bits per heavy atom. The van der Waals surface area contributed by atoms with E-state index in [1.807, 2.05) is 13.0 Å². The molecule has 0 saturated heterocycles. The first-order valence-electron chi connectivity index (χ1n) is 4.04. The van der Waals surface area contributed by atoms with E-state index in [1.54, 1.807) is 6.20 Å². The van der Waals surface area contributed by atoms with Gasteiger partial charge in [0, 0.05) is 11.6 Å². The molecule has 0 fully saturated rings. The highest BCUT2D eigenvalue weighted by atomic mass is 19.1. The van der Waals surface area contributed by atoms with Gasteiger partial charge in [0.05, 0.1) is 12.6 Å². The van der Waals surface area contributed by atoms with Crippen molar-refractivity contribution in [1.29, 1.82) is 0 Å². The van der Waals surface area contributed by atoms with Crippen LogP contribution in [0.1, 0.15) is 5.56 Å². The molecule has 0 saturated carbocycles. The Morgan fingerprint density at radius 2 is 2.23 bits per heavy atom. The summed E-state index contributed by atoms with van der Waals surface area (Å²) in [6.07, 6.45) is 1.78. The molecule has 0 bridgehead atoms. The van der Waals surface area contributed by atoms with E-state index >= 15 is 0 Å². The van der Waals surface area contributed by atoms with Crippen molar-refractivity contribution in [2.45, 2.75) is 6.92 Å². The Kier molecular flexibility index (Phi) is 1.72. The third-order valence-electron chi connectivity index (χ3n) is 2.16. The van der Waals surface area contributed by atoms with Crippen LogP contribution in [-0.4, -0.2) is 12.1 Å². The minimum Gasteiger partial charge on any atom is -0.492 e. The Labute approximate surface area is 75.3 Å². The highest BCUT2D eigenvalue weighted by molar-refractivity contribution is 5.88. The van der Waals surface area contributed by atoms with Gasteiger partial charge >= 0.3 is 0 Å². The normalized spacial score (nSPS) is 10.7. The topological polar surface area (TPSA) is 25.0 Å². The first-order valence-corrected chi connectivity index (χ1v) is 4.04. The van der Waals surface area contributed by atoms with Gasteiger partial charge in [0.1, 0.15) is 0 Å². The fourth-order valence-electron chi connectivity index (χ4n) is 1.54. The number of fused-ring (bicyclic) bond motifs is 1. The van der Waals surface area contributed by atoms with Crippen molar-refractivity contribution >= 4 is 10.9 Å². The zero-order valence-corrected chi connectivity index (χ0v) is 7.52. The summed E-state index contributed by atoms with van der Waals surface area (Å²) in [4.78, 5) is 2.96. The molecule has 0 aliphatic rings. The van der Waals surface area contributed by atoms with Crippen LogP contribution in [0.25, 0.3) is 10.9 Å². The average molecular weight is 179 g/mol. The number of H-pyrrole nitrogens is 1. The summed E-state index contributed by atoms with van der Waals surface area (Å²) in [5.41, 5.74) is 1.63. The number of hydrogen-bond donors (Lipinski definition) is 1. The molecule has 1 N–H and O–H groups in total. The number of aryl methyl sites for hydroxylation is 1. The Bertz CT molecular complexity index is 447. The summed E-state index contributed by atoms with van der Waals surface area (Å²) in [6.45, 7) is 1.87. The highest BCUT2D eigenvalue weighted by Crippen LogP contribution is 2.29. The number of hydrogen-bond acceptors (Lipinski definition) is 1. The molecule has 0 atom stereocenters. The fraction of sp³-hybridized carbons (Fsp3) is 0.200. The van der Waals surface area contributed by atoms with Crippen molar-refractivity contribution in [2.75, 3.05) is 7.11 Å². The van der Waals surface area contributed by atoms with Crippen molar-refractivity contribution in [3.05, 3.63) is 29.7 Å². The van der Waals surface area contributed by atoms with Crippen LogP contribution >= 0.6 is 0 Å². The number of halogens is 1. The van der Waals surface area contributed by atoms with Gasteiger partial charge in [0.25, 0.3) is 0 Å². The summed E-state index contributed by atoms with van der Waals surface area (Å²) in [6, 6.07) is 3.39. The second-order valence-electron chi connectivity index (χ2n) is 2.97. The van der Waals surface area contributed by atoms with E-state index in [0.29, 0.717) is 0 Å². The number of methoxy groups -OCH3 is 1. The summed E-state index contributed by atoms with van der Waals surface area (Å²) < 4.78 is 18.3. The first-order chi connectivity index (χ1) is 6.24. The number of rotatable bonds is 1. The van der Waals surface area contributed by atoms with Crippen LogP contribution in [0.2, 0.25) is 0 Å². The molecule has 68 valence electrons. The van der Waals surface area contributed by atoms with Gasteiger partial charge in [-0.25, -0.2) is 4.39 Å². The molecule has 2 rings (SSSR count). The molecular formula is C10H10FNO. The van der Waals surface area contributed by atoms with Gasteiger partial charge < -0.3 is 9.72 Å². The van der Waals surface area contributed by atoms with E-state index in [2.05, 4.69) is 4.98 Å². The van der Waals surface area contributed by atoms with Gasteiger partial charge in [-0.2, -0.15) is 0 Å². The number of nitrogens with one attached hydrogen (secondary N) is 1. The molecule has 13 heavy (non-hydrogen) atoms. The lowest BCUT2D eigenvalue weighted by atomic mass is 10.1. The SMILES string of the molecule is COc1c(F)cc(C)c2cc[nH]c12. The van der Waals surface area contributed by atoms with Crippen LogP contribution in [0.5, 0.6) is 5.75 Å². The molecule has 0 spiro atoms. The summed E-state index contributed by atoms with van der Waals surface area (Å²) in [5, 5.41) is 0.998. The quantitative estimate of drug-likeness (QED) is 0.715. The number of ether oxygens (including phenoxy) is 1. The van der Waals surface area contributed by atoms with E-state index in [9.17, 15) is 4.39 Å². The third kappa shape index (κ3) is 1.08. The minimum absolute atomic E-state index is 0.283.